The van der Waals surface area contributed by atoms with Crippen molar-refractivity contribution in [3.05, 3.63) is 77.8 Å². The van der Waals surface area contributed by atoms with Crippen LogP contribution in [0.2, 0.25) is 0 Å². The van der Waals surface area contributed by atoms with Gasteiger partial charge in [-0.2, -0.15) is 0 Å². The van der Waals surface area contributed by atoms with Crippen molar-refractivity contribution in [1.29, 1.82) is 0 Å². The summed E-state index contributed by atoms with van der Waals surface area (Å²) in [6, 6.07) is 8.64. The molecule has 5 rings (SSSR count). The average Bonchev–Trinajstić information content (AvgIpc) is 3.34. The summed E-state index contributed by atoms with van der Waals surface area (Å²) in [5.41, 5.74) is 5.54. The summed E-state index contributed by atoms with van der Waals surface area (Å²) in [4.78, 5) is 24.2. The molecule has 1 N–H and O–H groups in total. The van der Waals surface area contributed by atoms with Crippen LogP contribution in [0.1, 0.15) is 42.4 Å². The van der Waals surface area contributed by atoms with Crippen LogP contribution in [-0.2, 0) is 10.2 Å². The number of ether oxygens (including phenoxy) is 1. The van der Waals surface area contributed by atoms with Crippen LogP contribution in [0, 0.1) is 12.7 Å². The van der Waals surface area contributed by atoms with E-state index in [1.54, 1.807) is 30.6 Å². The molecule has 3 aromatic heterocycles. The number of carbonyl (C=O) groups is 1. The number of rotatable bonds is 4. The van der Waals surface area contributed by atoms with E-state index in [2.05, 4.69) is 26.3 Å². The molecule has 1 aliphatic heterocycles. The van der Waals surface area contributed by atoms with Crippen molar-refractivity contribution in [1.82, 2.24) is 14.4 Å². The van der Waals surface area contributed by atoms with E-state index >= 15 is 0 Å². The van der Waals surface area contributed by atoms with Gasteiger partial charge >= 0.3 is 0 Å². The lowest BCUT2D eigenvalue weighted by Gasteiger charge is -2.29. The van der Waals surface area contributed by atoms with Crippen molar-refractivity contribution in [3.63, 3.8) is 0 Å². The van der Waals surface area contributed by atoms with Gasteiger partial charge in [-0.05, 0) is 48.4 Å². The highest BCUT2D eigenvalue weighted by Gasteiger charge is 2.20. The second-order valence-electron chi connectivity index (χ2n) is 10.2. The van der Waals surface area contributed by atoms with Crippen molar-refractivity contribution in [2.45, 2.75) is 33.1 Å². The van der Waals surface area contributed by atoms with E-state index in [-0.39, 0.29) is 17.0 Å². The van der Waals surface area contributed by atoms with Gasteiger partial charge in [0.25, 0.3) is 5.91 Å². The largest absolute Gasteiger partial charge is 0.378 e. The number of imidazole rings is 1. The fourth-order valence-electron chi connectivity index (χ4n) is 4.45. The molecule has 36 heavy (non-hydrogen) atoms. The standard InChI is InChI=1S/C28H30FN5O2/c1-18-13-22(29)23(32-27(35)19-5-6-30-25(15-19)28(2,3)4)16-21(18)20-14-24(33-9-11-36-12-10-33)26-31-7-8-34(26)17-20/h5-8,13-17H,9-12H2,1-4H3,(H,32,35). The Balaban J connectivity index is 1.51. The number of aryl methyl sites for hydroxylation is 1. The number of amides is 1. The van der Waals surface area contributed by atoms with Crippen molar-refractivity contribution in [3.8, 4) is 11.1 Å². The van der Waals surface area contributed by atoms with Gasteiger partial charge in [-0.25, -0.2) is 9.37 Å². The number of hydrogen-bond donors (Lipinski definition) is 1. The van der Waals surface area contributed by atoms with Crippen LogP contribution in [0.15, 0.2) is 55.1 Å². The number of fused-ring (bicyclic) bond motifs is 1. The highest BCUT2D eigenvalue weighted by molar-refractivity contribution is 6.04. The topological polar surface area (TPSA) is 71.8 Å². The number of nitrogens with one attached hydrogen (secondary N) is 1. The van der Waals surface area contributed by atoms with Gasteiger partial charge in [0.15, 0.2) is 5.65 Å². The van der Waals surface area contributed by atoms with Crippen molar-refractivity contribution < 1.29 is 13.9 Å². The molecule has 8 heteroatoms. The van der Waals surface area contributed by atoms with Crippen LogP contribution >= 0.6 is 0 Å². The monoisotopic (exact) mass is 487 g/mol. The van der Waals surface area contributed by atoms with Gasteiger partial charge in [0.1, 0.15) is 5.82 Å². The Hall–Kier alpha value is -3.78. The van der Waals surface area contributed by atoms with E-state index in [0.29, 0.717) is 18.8 Å². The smallest absolute Gasteiger partial charge is 0.255 e. The van der Waals surface area contributed by atoms with Gasteiger partial charge in [0, 0.05) is 60.1 Å². The Morgan fingerprint density at radius 3 is 2.61 bits per heavy atom. The zero-order chi connectivity index (χ0) is 25.4. The van der Waals surface area contributed by atoms with Crippen LogP contribution in [0.4, 0.5) is 15.8 Å². The van der Waals surface area contributed by atoms with E-state index in [0.717, 1.165) is 46.8 Å². The maximum Gasteiger partial charge on any atom is 0.255 e. The van der Waals surface area contributed by atoms with Gasteiger partial charge in [0.05, 0.1) is 24.6 Å². The molecule has 0 saturated carbocycles. The van der Waals surface area contributed by atoms with Gasteiger partial charge in [-0.15, -0.1) is 0 Å². The third kappa shape index (κ3) is 4.68. The summed E-state index contributed by atoms with van der Waals surface area (Å²) >= 11 is 0. The number of anilines is 2. The Kier molecular flexibility index (Phi) is 6.22. The van der Waals surface area contributed by atoms with Gasteiger partial charge in [0.2, 0.25) is 0 Å². The molecule has 4 heterocycles. The lowest BCUT2D eigenvalue weighted by Crippen LogP contribution is -2.36. The quantitative estimate of drug-likeness (QED) is 0.427. The van der Waals surface area contributed by atoms with Gasteiger partial charge in [-0.3, -0.25) is 9.78 Å². The number of hydrogen-bond acceptors (Lipinski definition) is 5. The van der Waals surface area contributed by atoms with Crippen molar-refractivity contribution >= 4 is 22.9 Å². The second-order valence-corrected chi connectivity index (χ2v) is 10.2. The molecule has 0 bridgehead atoms. The Morgan fingerprint density at radius 1 is 1.08 bits per heavy atom. The highest BCUT2D eigenvalue weighted by Crippen LogP contribution is 2.33. The SMILES string of the molecule is Cc1cc(F)c(NC(=O)c2ccnc(C(C)(C)C)c2)cc1-c1cc(N2CCOCC2)c2nccn2c1. The predicted octanol–water partition coefficient (Wildman–Crippen LogP) is 5.23. The van der Waals surface area contributed by atoms with Crippen LogP contribution in [0.3, 0.4) is 0 Å². The number of nitrogens with zero attached hydrogens (tertiary/aromatic N) is 4. The second kappa shape index (κ2) is 9.35. The minimum Gasteiger partial charge on any atom is -0.378 e. The van der Waals surface area contributed by atoms with E-state index in [1.165, 1.54) is 6.07 Å². The summed E-state index contributed by atoms with van der Waals surface area (Å²) in [5, 5.41) is 2.76. The molecular formula is C28H30FN5O2. The summed E-state index contributed by atoms with van der Waals surface area (Å²) in [6.45, 7) is 10.8. The molecule has 1 amide bonds. The molecule has 7 nitrogen and oxygen atoms in total. The number of aromatic nitrogens is 3. The van der Waals surface area contributed by atoms with E-state index < -0.39 is 5.82 Å². The molecule has 0 unspecified atom stereocenters. The van der Waals surface area contributed by atoms with Crippen LogP contribution in [0.5, 0.6) is 0 Å². The van der Waals surface area contributed by atoms with Crippen LogP contribution in [0.25, 0.3) is 16.8 Å². The fourth-order valence-corrected chi connectivity index (χ4v) is 4.45. The summed E-state index contributed by atoms with van der Waals surface area (Å²) < 4.78 is 22.5. The van der Waals surface area contributed by atoms with Crippen LogP contribution < -0.4 is 10.2 Å². The van der Waals surface area contributed by atoms with Gasteiger partial charge < -0.3 is 19.4 Å². The summed E-state index contributed by atoms with van der Waals surface area (Å²) in [7, 11) is 0. The number of benzene rings is 1. The highest BCUT2D eigenvalue weighted by atomic mass is 19.1. The van der Waals surface area contributed by atoms with E-state index in [4.69, 9.17) is 4.74 Å². The average molecular weight is 488 g/mol. The Morgan fingerprint density at radius 2 is 1.86 bits per heavy atom. The molecule has 1 aromatic carbocycles. The third-order valence-electron chi connectivity index (χ3n) is 6.48. The normalized spacial score (nSPS) is 14.3. The van der Waals surface area contributed by atoms with E-state index in [9.17, 15) is 9.18 Å². The molecule has 1 saturated heterocycles. The first-order chi connectivity index (χ1) is 17.2. The molecular weight excluding hydrogens is 457 g/mol. The van der Waals surface area contributed by atoms with E-state index in [1.807, 2.05) is 44.5 Å². The van der Waals surface area contributed by atoms with Crippen molar-refractivity contribution in [2.75, 3.05) is 36.5 Å². The molecule has 1 fully saturated rings. The van der Waals surface area contributed by atoms with Crippen LogP contribution in [-0.4, -0.2) is 46.6 Å². The zero-order valence-electron chi connectivity index (χ0n) is 21.0. The number of halogens is 1. The number of pyridine rings is 2. The molecule has 0 radical (unpaired) electrons. The lowest BCUT2D eigenvalue weighted by atomic mass is 9.91. The fraction of sp³-hybridized carbons (Fsp3) is 0.321. The molecule has 0 atom stereocenters. The lowest BCUT2D eigenvalue weighted by molar-refractivity contribution is 0.102. The molecule has 0 aliphatic carbocycles. The van der Waals surface area contributed by atoms with Crippen molar-refractivity contribution in [2.24, 2.45) is 0 Å². The third-order valence-corrected chi connectivity index (χ3v) is 6.48. The Bertz CT molecular complexity index is 1430. The minimum absolute atomic E-state index is 0.133. The predicted molar refractivity (Wildman–Crippen MR) is 139 cm³/mol. The van der Waals surface area contributed by atoms with Gasteiger partial charge in [-0.1, -0.05) is 20.8 Å². The number of morpholine rings is 1. The minimum atomic E-state index is -0.480. The molecule has 1 aliphatic rings. The maximum absolute atomic E-state index is 15.0. The molecule has 186 valence electrons. The summed E-state index contributed by atoms with van der Waals surface area (Å²) in [5.74, 6) is -0.859. The first-order valence-electron chi connectivity index (χ1n) is 12.1. The molecule has 4 aromatic rings. The molecule has 0 spiro atoms. The first kappa shape index (κ1) is 23.9. The number of carbonyl (C=O) groups excluding carboxylic acids is 1. The summed E-state index contributed by atoms with van der Waals surface area (Å²) in [6.07, 6.45) is 7.27. The zero-order valence-corrected chi connectivity index (χ0v) is 21.0. The Labute approximate surface area is 209 Å². The first-order valence-corrected chi connectivity index (χ1v) is 12.1. The maximum atomic E-state index is 15.0.